The van der Waals surface area contributed by atoms with Gasteiger partial charge < -0.3 is 10.1 Å². The maximum absolute atomic E-state index is 11.8. The third-order valence-electron chi connectivity index (χ3n) is 1.85. The molecule has 0 atom stereocenters. The van der Waals surface area contributed by atoms with Gasteiger partial charge in [-0.25, -0.2) is 4.79 Å². The van der Waals surface area contributed by atoms with Crippen molar-refractivity contribution in [2.45, 2.75) is 38.8 Å². The lowest BCUT2D eigenvalue weighted by Crippen LogP contribution is -2.26. The maximum Gasteiger partial charge on any atom is 0.449 e. The summed E-state index contributed by atoms with van der Waals surface area (Å²) in [4.78, 5) is 21.3. The molecule has 0 spiro atoms. The van der Waals surface area contributed by atoms with Gasteiger partial charge in [0.15, 0.2) is 0 Å². The van der Waals surface area contributed by atoms with E-state index in [0.29, 0.717) is 19.4 Å². The summed E-state index contributed by atoms with van der Waals surface area (Å²) in [6.07, 6.45) is -4.79. The molecule has 0 saturated carbocycles. The predicted octanol–water partition coefficient (Wildman–Crippen LogP) is 2.42. The highest BCUT2D eigenvalue weighted by atomic mass is 19.4. The van der Waals surface area contributed by atoms with E-state index in [4.69, 9.17) is 0 Å². The molecule has 0 aliphatic rings. The van der Waals surface area contributed by atoms with E-state index in [2.05, 4.69) is 10.1 Å². The smallest absolute Gasteiger partial charge is 0.449 e. The molecule has 0 aliphatic carbocycles. The summed E-state index contributed by atoms with van der Waals surface area (Å²) in [7, 11) is 0. The van der Waals surface area contributed by atoms with Crippen LogP contribution in [0.3, 0.4) is 0 Å². The van der Waals surface area contributed by atoms with Crippen molar-refractivity contribution < 1.29 is 27.5 Å². The number of carbonyl (C=O) groups is 2. The molecule has 0 aromatic carbocycles. The van der Waals surface area contributed by atoms with E-state index >= 15 is 0 Å². The topological polar surface area (TPSA) is 55.4 Å². The van der Waals surface area contributed by atoms with Crippen LogP contribution in [-0.4, -0.2) is 31.2 Å². The Hall–Kier alpha value is -1.27. The van der Waals surface area contributed by atoms with Gasteiger partial charge in [0.05, 0.1) is 6.61 Å². The van der Waals surface area contributed by atoms with E-state index in [-0.39, 0.29) is 13.0 Å². The Labute approximate surface area is 97.5 Å². The number of hydrogen-bond donors (Lipinski definition) is 1. The van der Waals surface area contributed by atoms with Crippen LogP contribution in [0.15, 0.2) is 0 Å². The first kappa shape index (κ1) is 15.7. The first-order chi connectivity index (χ1) is 7.88. The minimum absolute atomic E-state index is 0.0897. The highest BCUT2D eigenvalue weighted by Crippen LogP contribution is 2.18. The summed E-state index contributed by atoms with van der Waals surface area (Å²) < 4.78 is 40.0. The van der Waals surface area contributed by atoms with E-state index < -0.39 is 24.5 Å². The highest BCUT2D eigenvalue weighted by Gasteiger charge is 2.36. The average molecular weight is 255 g/mol. The van der Waals surface area contributed by atoms with Crippen LogP contribution in [0.4, 0.5) is 18.0 Å². The Morgan fingerprint density at radius 3 is 2.41 bits per heavy atom. The van der Waals surface area contributed by atoms with Crippen molar-refractivity contribution in [3.8, 4) is 0 Å². The number of carbonyl (C=O) groups excluding carboxylic acids is 2. The number of ether oxygens (including phenoxy) is 1. The number of halogens is 3. The highest BCUT2D eigenvalue weighted by molar-refractivity contribution is 5.83. The van der Waals surface area contributed by atoms with E-state index in [1.807, 2.05) is 6.92 Å². The SMILES string of the molecule is CCCOC(=O)NCCCCC(=O)C(F)(F)F. The minimum atomic E-state index is -4.76. The zero-order chi connectivity index (χ0) is 13.3. The van der Waals surface area contributed by atoms with Crippen molar-refractivity contribution in [3.63, 3.8) is 0 Å². The lowest BCUT2D eigenvalue weighted by Gasteiger charge is -2.06. The Morgan fingerprint density at radius 2 is 1.88 bits per heavy atom. The molecule has 1 N–H and O–H groups in total. The fraction of sp³-hybridized carbons (Fsp3) is 0.800. The van der Waals surface area contributed by atoms with Gasteiger partial charge in [-0.1, -0.05) is 6.92 Å². The van der Waals surface area contributed by atoms with Gasteiger partial charge in [-0.15, -0.1) is 0 Å². The number of rotatable bonds is 7. The van der Waals surface area contributed by atoms with Crippen LogP contribution >= 0.6 is 0 Å². The fourth-order valence-corrected chi connectivity index (χ4v) is 0.989. The Kier molecular flexibility index (Phi) is 7.32. The fourth-order valence-electron chi connectivity index (χ4n) is 0.989. The van der Waals surface area contributed by atoms with Gasteiger partial charge in [-0.2, -0.15) is 13.2 Å². The number of alkyl halides is 3. The number of ketones is 1. The molecule has 100 valence electrons. The molecule has 0 aromatic heterocycles. The van der Waals surface area contributed by atoms with Crippen molar-refractivity contribution >= 4 is 11.9 Å². The van der Waals surface area contributed by atoms with E-state index in [0.717, 1.165) is 0 Å². The van der Waals surface area contributed by atoms with Crippen molar-refractivity contribution in [3.05, 3.63) is 0 Å². The number of hydrogen-bond acceptors (Lipinski definition) is 3. The van der Waals surface area contributed by atoms with Gasteiger partial charge in [0.25, 0.3) is 0 Å². The number of Topliss-reactive ketones (excluding diaryl/α,β-unsaturated/α-hetero) is 1. The molecule has 7 heteroatoms. The minimum Gasteiger partial charge on any atom is -0.450 e. The van der Waals surface area contributed by atoms with Crippen LogP contribution < -0.4 is 5.32 Å². The summed E-state index contributed by atoms with van der Waals surface area (Å²) in [6.45, 7) is 2.35. The Bertz CT molecular complexity index is 254. The Morgan fingerprint density at radius 1 is 1.24 bits per heavy atom. The average Bonchev–Trinajstić information content (AvgIpc) is 2.24. The van der Waals surface area contributed by atoms with Crippen molar-refractivity contribution in [1.29, 1.82) is 0 Å². The quantitative estimate of drug-likeness (QED) is 0.711. The summed E-state index contributed by atoms with van der Waals surface area (Å²) in [6, 6.07) is 0. The number of unbranched alkanes of at least 4 members (excludes halogenated alkanes) is 1. The molecule has 1 amide bonds. The van der Waals surface area contributed by atoms with Crippen LogP contribution in [0.1, 0.15) is 32.6 Å². The normalized spacial score (nSPS) is 11.1. The third kappa shape index (κ3) is 8.53. The molecule has 4 nitrogen and oxygen atoms in total. The van der Waals surface area contributed by atoms with Gasteiger partial charge >= 0.3 is 12.3 Å². The van der Waals surface area contributed by atoms with Crippen LogP contribution in [0, 0.1) is 0 Å². The van der Waals surface area contributed by atoms with Crippen molar-refractivity contribution in [2.24, 2.45) is 0 Å². The molecule has 0 rings (SSSR count). The van der Waals surface area contributed by atoms with E-state index in [9.17, 15) is 22.8 Å². The van der Waals surface area contributed by atoms with Crippen LogP contribution in [0.25, 0.3) is 0 Å². The lowest BCUT2D eigenvalue weighted by atomic mass is 10.2. The van der Waals surface area contributed by atoms with Crippen molar-refractivity contribution in [2.75, 3.05) is 13.2 Å². The van der Waals surface area contributed by atoms with Gasteiger partial charge in [0.2, 0.25) is 5.78 Å². The largest absolute Gasteiger partial charge is 0.450 e. The lowest BCUT2D eigenvalue weighted by molar-refractivity contribution is -0.171. The van der Waals surface area contributed by atoms with E-state index in [1.54, 1.807) is 0 Å². The number of alkyl carbamates (subject to hydrolysis) is 1. The second kappa shape index (κ2) is 7.92. The molecule has 0 fully saturated rings. The second-order valence-electron chi connectivity index (χ2n) is 3.44. The molecule has 0 radical (unpaired) electrons. The van der Waals surface area contributed by atoms with Gasteiger partial charge in [-0.3, -0.25) is 4.79 Å². The Balaban J connectivity index is 3.47. The predicted molar refractivity (Wildman–Crippen MR) is 54.6 cm³/mol. The molecular weight excluding hydrogens is 239 g/mol. The first-order valence-corrected chi connectivity index (χ1v) is 5.38. The molecule has 0 unspecified atom stereocenters. The zero-order valence-corrected chi connectivity index (χ0v) is 9.60. The molecule has 0 bridgehead atoms. The molecule has 0 aromatic rings. The van der Waals surface area contributed by atoms with Crippen LogP contribution in [0.2, 0.25) is 0 Å². The standard InChI is InChI=1S/C10H16F3NO3/c1-2-7-17-9(16)14-6-4-3-5-8(15)10(11,12)13/h2-7H2,1H3,(H,14,16). The molecule has 17 heavy (non-hydrogen) atoms. The van der Waals surface area contributed by atoms with Crippen LogP contribution in [-0.2, 0) is 9.53 Å². The molecular formula is C10H16F3NO3. The summed E-state index contributed by atoms with van der Waals surface area (Å²) in [5.74, 6) is -1.73. The van der Waals surface area contributed by atoms with Crippen LogP contribution in [0.5, 0.6) is 0 Å². The van der Waals surface area contributed by atoms with E-state index in [1.165, 1.54) is 0 Å². The second-order valence-corrected chi connectivity index (χ2v) is 3.44. The summed E-state index contributed by atoms with van der Waals surface area (Å²) >= 11 is 0. The van der Waals surface area contributed by atoms with Gasteiger partial charge in [0, 0.05) is 13.0 Å². The molecule has 0 heterocycles. The maximum atomic E-state index is 11.8. The van der Waals surface area contributed by atoms with Crippen molar-refractivity contribution in [1.82, 2.24) is 5.32 Å². The summed E-state index contributed by atoms with van der Waals surface area (Å²) in [5.41, 5.74) is 0. The number of nitrogens with one attached hydrogen (secondary N) is 1. The first-order valence-electron chi connectivity index (χ1n) is 5.38. The summed E-state index contributed by atoms with van der Waals surface area (Å²) in [5, 5.41) is 2.38. The monoisotopic (exact) mass is 255 g/mol. The van der Waals surface area contributed by atoms with Gasteiger partial charge in [0.1, 0.15) is 0 Å². The third-order valence-corrected chi connectivity index (χ3v) is 1.85. The number of amides is 1. The molecule has 0 saturated heterocycles. The zero-order valence-electron chi connectivity index (χ0n) is 9.60. The molecule has 0 aliphatic heterocycles. The van der Waals surface area contributed by atoms with Gasteiger partial charge in [-0.05, 0) is 19.3 Å².